The van der Waals surface area contributed by atoms with Gasteiger partial charge in [0.05, 0.1) is 0 Å². The molecule has 0 heterocycles. The van der Waals surface area contributed by atoms with Crippen LogP contribution in [-0.4, -0.2) is 11.7 Å². The summed E-state index contributed by atoms with van der Waals surface area (Å²) in [6.45, 7) is 8.37. The van der Waals surface area contributed by atoms with E-state index in [1.54, 1.807) is 0 Å². The van der Waals surface area contributed by atoms with Crippen molar-refractivity contribution in [1.29, 1.82) is 0 Å². The molecule has 0 bridgehead atoms. The molecular weight excluding hydrogens is 264 g/mol. The maximum Gasteiger partial charge on any atom is 0.166 e. The molecule has 2 nitrogen and oxygen atoms in total. The Bertz CT molecular complexity index is 386. The molecule has 1 rings (SSSR count). The first-order chi connectivity index (χ1) is 9.65. The molecule has 0 fully saturated rings. The van der Waals surface area contributed by atoms with Crippen molar-refractivity contribution in [3.8, 4) is 0 Å². The number of unbranched alkanes of at least 4 members (excludes halogenated alkanes) is 1. The number of rotatable bonds is 8. The van der Waals surface area contributed by atoms with E-state index in [-0.39, 0.29) is 0 Å². The summed E-state index contributed by atoms with van der Waals surface area (Å²) >= 11 is 5.34. The topological polar surface area (TPSA) is 24.1 Å². The third-order valence-corrected chi connectivity index (χ3v) is 3.96. The summed E-state index contributed by atoms with van der Waals surface area (Å²) in [5.41, 5.74) is 2.55. The van der Waals surface area contributed by atoms with E-state index in [4.69, 9.17) is 12.2 Å². The summed E-state index contributed by atoms with van der Waals surface area (Å²) in [6.07, 6.45) is 5.09. The van der Waals surface area contributed by atoms with Gasteiger partial charge in [-0.25, -0.2) is 0 Å². The molecule has 20 heavy (non-hydrogen) atoms. The Morgan fingerprint density at radius 2 is 1.85 bits per heavy atom. The number of nitrogens with one attached hydrogen (secondary N) is 2. The SMILES string of the molecule is CCCCC(CC)CNC(=S)NCc1ccc(C)cc1. The lowest BCUT2D eigenvalue weighted by Gasteiger charge is -2.17. The third kappa shape index (κ3) is 6.90. The van der Waals surface area contributed by atoms with E-state index in [0.29, 0.717) is 0 Å². The van der Waals surface area contributed by atoms with Crippen LogP contribution in [0.25, 0.3) is 0 Å². The minimum absolute atomic E-state index is 0.731. The normalized spacial score (nSPS) is 11.9. The second kappa shape index (κ2) is 9.76. The van der Waals surface area contributed by atoms with Gasteiger partial charge in [0.25, 0.3) is 0 Å². The standard InChI is InChI=1S/C17H28N2S/c1-4-6-7-15(5-2)12-18-17(20)19-13-16-10-8-14(3)9-11-16/h8-11,15H,4-7,12-13H2,1-3H3,(H2,18,19,20). The predicted octanol–water partition coefficient (Wildman–Crippen LogP) is 4.18. The van der Waals surface area contributed by atoms with Crippen LogP contribution >= 0.6 is 12.2 Å². The number of benzene rings is 1. The quantitative estimate of drug-likeness (QED) is 0.703. The van der Waals surface area contributed by atoms with E-state index in [1.807, 2.05) is 0 Å². The molecular formula is C17H28N2S. The van der Waals surface area contributed by atoms with Crippen LogP contribution in [-0.2, 0) is 6.54 Å². The molecule has 112 valence electrons. The zero-order valence-corrected chi connectivity index (χ0v) is 13.9. The van der Waals surface area contributed by atoms with Gasteiger partial charge < -0.3 is 10.6 Å². The van der Waals surface area contributed by atoms with Crippen LogP contribution in [0.1, 0.15) is 50.7 Å². The largest absolute Gasteiger partial charge is 0.362 e. The first-order valence-corrected chi connectivity index (χ1v) is 8.13. The van der Waals surface area contributed by atoms with Gasteiger partial charge in [0.2, 0.25) is 0 Å². The maximum absolute atomic E-state index is 5.34. The van der Waals surface area contributed by atoms with Gasteiger partial charge in [0.1, 0.15) is 0 Å². The van der Waals surface area contributed by atoms with E-state index in [9.17, 15) is 0 Å². The Morgan fingerprint density at radius 1 is 1.15 bits per heavy atom. The van der Waals surface area contributed by atoms with Crippen LogP contribution in [0.3, 0.4) is 0 Å². The summed E-state index contributed by atoms with van der Waals surface area (Å²) in [4.78, 5) is 0. The molecule has 1 atom stereocenters. The van der Waals surface area contributed by atoms with Gasteiger partial charge in [0, 0.05) is 13.1 Å². The van der Waals surface area contributed by atoms with Crippen molar-refractivity contribution < 1.29 is 0 Å². The molecule has 0 saturated carbocycles. The van der Waals surface area contributed by atoms with Crippen molar-refractivity contribution >= 4 is 17.3 Å². The fourth-order valence-corrected chi connectivity index (χ4v) is 2.29. The Labute approximate surface area is 129 Å². The molecule has 0 saturated heterocycles. The molecule has 0 aromatic heterocycles. The Balaban J connectivity index is 2.24. The smallest absolute Gasteiger partial charge is 0.166 e. The second-order valence-electron chi connectivity index (χ2n) is 5.47. The zero-order valence-electron chi connectivity index (χ0n) is 13.0. The highest BCUT2D eigenvalue weighted by molar-refractivity contribution is 7.80. The van der Waals surface area contributed by atoms with Crippen LogP contribution in [0, 0.1) is 12.8 Å². The van der Waals surface area contributed by atoms with Gasteiger partial charge in [-0.3, -0.25) is 0 Å². The van der Waals surface area contributed by atoms with Crippen molar-refractivity contribution in [1.82, 2.24) is 10.6 Å². The minimum atomic E-state index is 0.731. The molecule has 0 spiro atoms. The lowest BCUT2D eigenvalue weighted by Crippen LogP contribution is -2.37. The summed E-state index contributed by atoms with van der Waals surface area (Å²) in [7, 11) is 0. The Kier molecular flexibility index (Phi) is 8.28. The molecule has 0 aliphatic heterocycles. The molecule has 2 N–H and O–H groups in total. The van der Waals surface area contributed by atoms with Gasteiger partial charge in [-0.15, -0.1) is 0 Å². The molecule has 1 unspecified atom stereocenters. The molecule has 0 aliphatic rings. The van der Waals surface area contributed by atoms with Gasteiger partial charge in [-0.05, 0) is 37.0 Å². The number of hydrogen-bond donors (Lipinski definition) is 2. The Hall–Kier alpha value is -1.09. The first-order valence-electron chi connectivity index (χ1n) is 7.73. The predicted molar refractivity (Wildman–Crippen MR) is 91.9 cm³/mol. The zero-order chi connectivity index (χ0) is 14.8. The monoisotopic (exact) mass is 292 g/mol. The van der Waals surface area contributed by atoms with Gasteiger partial charge in [-0.2, -0.15) is 0 Å². The summed E-state index contributed by atoms with van der Waals surface area (Å²) < 4.78 is 0. The van der Waals surface area contributed by atoms with Gasteiger partial charge >= 0.3 is 0 Å². The average Bonchev–Trinajstić information content (AvgIpc) is 2.47. The number of thiocarbonyl (C=S) groups is 1. The van der Waals surface area contributed by atoms with E-state index < -0.39 is 0 Å². The highest BCUT2D eigenvalue weighted by atomic mass is 32.1. The van der Waals surface area contributed by atoms with Gasteiger partial charge in [-0.1, -0.05) is 62.9 Å². The van der Waals surface area contributed by atoms with Crippen LogP contribution < -0.4 is 10.6 Å². The maximum atomic E-state index is 5.34. The van der Waals surface area contributed by atoms with E-state index in [0.717, 1.165) is 24.1 Å². The minimum Gasteiger partial charge on any atom is -0.362 e. The van der Waals surface area contributed by atoms with Gasteiger partial charge in [0.15, 0.2) is 5.11 Å². The lowest BCUT2D eigenvalue weighted by atomic mass is 9.99. The highest BCUT2D eigenvalue weighted by Crippen LogP contribution is 2.11. The van der Waals surface area contributed by atoms with Crippen molar-refractivity contribution in [2.75, 3.05) is 6.54 Å². The lowest BCUT2D eigenvalue weighted by molar-refractivity contribution is 0.445. The Morgan fingerprint density at radius 3 is 2.45 bits per heavy atom. The number of hydrogen-bond acceptors (Lipinski definition) is 1. The molecule has 0 radical (unpaired) electrons. The van der Waals surface area contributed by atoms with Crippen LogP contribution in [0.4, 0.5) is 0 Å². The van der Waals surface area contributed by atoms with Crippen molar-refractivity contribution in [3.05, 3.63) is 35.4 Å². The fraction of sp³-hybridized carbons (Fsp3) is 0.588. The van der Waals surface area contributed by atoms with E-state index in [1.165, 1.54) is 36.8 Å². The highest BCUT2D eigenvalue weighted by Gasteiger charge is 2.06. The van der Waals surface area contributed by atoms with Crippen molar-refractivity contribution in [2.45, 2.75) is 53.0 Å². The molecule has 0 amide bonds. The number of aryl methyl sites for hydroxylation is 1. The fourth-order valence-electron chi connectivity index (χ4n) is 2.13. The summed E-state index contributed by atoms with van der Waals surface area (Å²) in [5, 5.41) is 7.38. The molecule has 1 aromatic rings. The van der Waals surface area contributed by atoms with Crippen molar-refractivity contribution in [3.63, 3.8) is 0 Å². The first kappa shape index (κ1) is 17.0. The van der Waals surface area contributed by atoms with E-state index in [2.05, 4.69) is 55.7 Å². The van der Waals surface area contributed by atoms with Crippen molar-refractivity contribution in [2.24, 2.45) is 5.92 Å². The summed E-state index contributed by atoms with van der Waals surface area (Å²) in [6, 6.07) is 8.54. The average molecular weight is 292 g/mol. The second-order valence-corrected chi connectivity index (χ2v) is 5.87. The molecule has 0 aliphatic carbocycles. The third-order valence-electron chi connectivity index (χ3n) is 3.67. The van der Waals surface area contributed by atoms with Crippen LogP contribution in [0.5, 0.6) is 0 Å². The molecule has 1 aromatic carbocycles. The summed E-state index contributed by atoms with van der Waals surface area (Å²) in [5.74, 6) is 0.731. The molecule has 3 heteroatoms. The van der Waals surface area contributed by atoms with E-state index >= 15 is 0 Å². The van der Waals surface area contributed by atoms with Crippen LogP contribution in [0.15, 0.2) is 24.3 Å². The van der Waals surface area contributed by atoms with Crippen LogP contribution in [0.2, 0.25) is 0 Å².